The van der Waals surface area contributed by atoms with E-state index >= 15 is 0 Å². The number of carboxylic acids is 1. The first-order chi connectivity index (χ1) is 9.13. The van der Waals surface area contributed by atoms with Crippen molar-refractivity contribution in [2.24, 2.45) is 0 Å². The SMILES string of the molecule is Cc1cccc(OCCn2cc(CC(=O)O)nn2)c1. The molecule has 6 nitrogen and oxygen atoms in total. The van der Waals surface area contributed by atoms with Crippen molar-refractivity contribution >= 4 is 5.97 Å². The molecule has 0 radical (unpaired) electrons. The van der Waals surface area contributed by atoms with Gasteiger partial charge in [-0.1, -0.05) is 17.3 Å². The number of aliphatic carboxylic acids is 1. The van der Waals surface area contributed by atoms with Gasteiger partial charge in [-0.15, -0.1) is 5.10 Å². The molecule has 0 saturated heterocycles. The Hall–Kier alpha value is -2.37. The van der Waals surface area contributed by atoms with Gasteiger partial charge in [-0.2, -0.15) is 0 Å². The highest BCUT2D eigenvalue weighted by Crippen LogP contribution is 2.12. The van der Waals surface area contributed by atoms with Gasteiger partial charge in [0, 0.05) is 6.20 Å². The maximum absolute atomic E-state index is 10.5. The van der Waals surface area contributed by atoms with Crippen molar-refractivity contribution in [3.63, 3.8) is 0 Å². The van der Waals surface area contributed by atoms with E-state index in [1.54, 1.807) is 10.9 Å². The molecule has 19 heavy (non-hydrogen) atoms. The molecule has 0 aliphatic carbocycles. The average Bonchev–Trinajstić information content (AvgIpc) is 2.76. The zero-order chi connectivity index (χ0) is 13.7. The van der Waals surface area contributed by atoms with E-state index < -0.39 is 5.97 Å². The number of aromatic nitrogens is 3. The fourth-order valence-corrected chi connectivity index (χ4v) is 1.65. The lowest BCUT2D eigenvalue weighted by molar-refractivity contribution is -0.136. The van der Waals surface area contributed by atoms with Gasteiger partial charge in [0.15, 0.2) is 0 Å². The largest absolute Gasteiger partial charge is 0.492 e. The van der Waals surface area contributed by atoms with Gasteiger partial charge in [-0.25, -0.2) is 4.68 Å². The summed E-state index contributed by atoms with van der Waals surface area (Å²) in [5.41, 5.74) is 1.59. The Morgan fingerprint density at radius 3 is 3.05 bits per heavy atom. The Bertz CT molecular complexity index is 566. The molecule has 0 unspecified atom stereocenters. The van der Waals surface area contributed by atoms with Crippen molar-refractivity contribution in [1.29, 1.82) is 0 Å². The smallest absolute Gasteiger partial charge is 0.309 e. The molecule has 1 aromatic heterocycles. The first kappa shape index (κ1) is 13.1. The minimum atomic E-state index is -0.914. The summed E-state index contributed by atoms with van der Waals surface area (Å²) in [6, 6.07) is 7.79. The summed E-state index contributed by atoms with van der Waals surface area (Å²) in [6.45, 7) is 2.99. The van der Waals surface area contributed by atoms with Crippen LogP contribution in [0.25, 0.3) is 0 Å². The number of carboxylic acid groups (broad SMARTS) is 1. The predicted octanol–water partition coefficient (Wildman–Crippen LogP) is 1.29. The third-order valence-electron chi connectivity index (χ3n) is 2.50. The quantitative estimate of drug-likeness (QED) is 0.847. The van der Waals surface area contributed by atoms with Crippen LogP contribution >= 0.6 is 0 Å². The summed E-state index contributed by atoms with van der Waals surface area (Å²) in [7, 11) is 0. The molecular formula is C13H15N3O3. The van der Waals surface area contributed by atoms with Crippen LogP contribution in [0.4, 0.5) is 0 Å². The summed E-state index contributed by atoms with van der Waals surface area (Å²) < 4.78 is 7.15. The first-order valence-electron chi connectivity index (χ1n) is 5.94. The fourth-order valence-electron chi connectivity index (χ4n) is 1.65. The highest BCUT2D eigenvalue weighted by atomic mass is 16.5. The normalized spacial score (nSPS) is 10.4. The van der Waals surface area contributed by atoms with Crippen LogP contribution in [-0.2, 0) is 17.8 Å². The van der Waals surface area contributed by atoms with E-state index in [1.165, 1.54) is 0 Å². The van der Waals surface area contributed by atoms with Gasteiger partial charge in [0.25, 0.3) is 0 Å². The molecule has 100 valence electrons. The number of hydrogen-bond acceptors (Lipinski definition) is 4. The minimum Gasteiger partial charge on any atom is -0.492 e. The van der Waals surface area contributed by atoms with Crippen LogP contribution < -0.4 is 4.74 Å². The van der Waals surface area contributed by atoms with E-state index in [-0.39, 0.29) is 6.42 Å². The Balaban J connectivity index is 1.82. The molecule has 2 aromatic rings. The van der Waals surface area contributed by atoms with Gasteiger partial charge in [0.2, 0.25) is 0 Å². The van der Waals surface area contributed by atoms with Crippen molar-refractivity contribution < 1.29 is 14.6 Å². The van der Waals surface area contributed by atoms with E-state index in [2.05, 4.69) is 10.3 Å². The number of carbonyl (C=O) groups is 1. The third-order valence-corrected chi connectivity index (χ3v) is 2.50. The standard InChI is InChI=1S/C13H15N3O3/c1-10-3-2-4-12(7-10)19-6-5-16-9-11(14-15-16)8-13(17)18/h2-4,7,9H,5-6,8H2,1H3,(H,17,18). The Kier molecular flexibility index (Phi) is 4.12. The molecule has 0 bridgehead atoms. The van der Waals surface area contributed by atoms with Gasteiger partial charge >= 0.3 is 5.97 Å². The number of ether oxygens (including phenoxy) is 1. The Labute approximate surface area is 110 Å². The monoisotopic (exact) mass is 261 g/mol. The van der Waals surface area contributed by atoms with Gasteiger partial charge in [-0.05, 0) is 24.6 Å². The summed E-state index contributed by atoms with van der Waals surface area (Å²) in [5, 5.41) is 16.2. The second kappa shape index (κ2) is 5.99. The van der Waals surface area contributed by atoms with E-state index in [9.17, 15) is 4.79 Å². The van der Waals surface area contributed by atoms with E-state index in [4.69, 9.17) is 9.84 Å². The maximum atomic E-state index is 10.5. The maximum Gasteiger partial charge on any atom is 0.309 e. The van der Waals surface area contributed by atoms with Gasteiger partial charge < -0.3 is 9.84 Å². The topological polar surface area (TPSA) is 77.2 Å². The summed E-state index contributed by atoms with van der Waals surface area (Å²) in [5.74, 6) is -0.103. The van der Waals surface area contributed by atoms with Crippen LogP contribution in [0.5, 0.6) is 5.75 Å². The lowest BCUT2D eigenvalue weighted by Crippen LogP contribution is -2.08. The van der Waals surface area contributed by atoms with Crippen molar-refractivity contribution in [1.82, 2.24) is 15.0 Å². The fraction of sp³-hybridized carbons (Fsp3) is 0.308. The van der Waals surface area contributed by atoms with Crippen molar-refractivity contribution in [2.45, 2.75) is 19.9 Å². The molecule has 1 aromatic carbocycles. The number of hydrogen-bond donors (Lipinski definition) is 1. The Morgan fingerprint density at radius 2 is 2.32 bits per heavy atom. The van der Waals surface area contributed by atoms with Gasteiger partial charge in [0.05, 0.1) is 18.7 Å². The minimum absolute atomic E-state index is 0.112. The van der Waals surface area contributed by atoms with Crippen LogP contribution in [0.1, 0.15) is 11.3 Å². The first-order valence-corrected chi connectivity index (χ1v) is 5.94. The molecule has 1 heterocycles. The molecule has 0 aliphatic heterocycles. The van der Waals surface area contributed by atoms with Crippen molar-refractivity contribution in [3.05, 3.63) is 41.7 Å². The lowest BCUT2D eigenvalue weighted by atomic mass is 10.2. The van der Waals surface area contributed by atoms with Gasteiger partial charge in [-0.3, -0.25) is 4.79 Å². The molecule has 2 rings (SSSR count). The van der Waals surface area contributed by atoms with Gasteiger partial charge in [0.1, 0.15) is 12.4 Å². The summed E-state index contributed by atoms with van der Waals surface area (Å²) >= 11 is 0. The number of benzene rings is 1. The van der Waals surface area contributed by atoms with Crippen molar-refractivity contribution in [3.8, 4) is 5.75 Å². The average molecular weight is 261 g/mol. The third kappa shape index (κ3) is 4.09. The zero-order valence-electron chi connectivity index (χ0n) is 10.6. The molecule has 0 saturated carbocycles. The second-order valence-electron chi connectivity index (χ2n) is 4.21. The number of nitrogens with zero attached hydrogens (tertiary/aromatic N) is 3. The molecule has 0 fully saturated rings. The Morgan fingerprint density at radius 1 is 1.47 bits per heavy atom. The van der Waals surface area contributed by atoms with E-state index in [0.717, 1.165) is 11.3 Å². The van der Waals surface area contributed by atoms with Crippen LogP contribution in [0.2, 0.25) is 0 Å². The number of aryl methyl sites for hydroxylation is 1. The highest BCUT2D eigenvalue weighted by Gasteiger charge is 2.05. The molecule has 1 N–H and O–H groups in total. The second-order valence-corrected chi connectivity index (χ2v) is 4.21. The molecule has 0 spiro atoms. The zero-order valence-corrected chi connectivity index (χ0v) is 10.6. The number of rotatable bonds is 6. The molecular weight excluding hydrogens is 246 g/mol. The molecule has 0 amide bonds. The molecule has 6 heteroatoms. The molecule has 0 atom stereocenters. The molecule has 0 aliphatic rings. The lowest BCUT2D eigenvalue weighted by Gasteiger charge is -2.06. The summed E-state index contributed by atoms with van der Waals surface area (Å²) in [6.07, 6.45) is 1.51. The summed E-state index contributed by atoms with van der Waals surface area (Å²) in [4.78, 5) is 10.5. The van der Waals surface area contributed by atoms with Crippen LogP contribution in [0, 0.1) is 6.92 Å². The van der Waals surface area contributed by atoms with Crippen LogP contribution in [0.15, 0.2) is 30.5 Å². The van der Waals surface area contributed by atoms with Crippen LogP contribution in [0.3, 0.4) is 0 Å². The predicted molar refractivity (Wildman–Crippen MR) is 68.0 cm³/mol. The van der Waals surface area contributed by atoms with E-state index in [1.807, 2.05) is 31.2 Å². The van der Waals surface area contributed by atoms with Crippen molar-refractivity contribution in [2.75, 3.05) is 6.61 Å². The van der Waals surface area contributed by atoms with Crippen LogP contribution in [-0.4, -0.2) is 32.7 Å². The highest BCUT2D eigenvalue weighted by molar-refractivity contribution is 5.69. The van der Waals surface area contributed by atoms with E-state index in [0.29, 0.717) is 18.8 Å².